The van der Waals surface area contributed by atoms with Crippen molar-refractivity contribution in [3.8, 4) is 0 Å². The number of amides is 1. The van der Waals surface area contributed by atoms with E-state index >= 15 is 0 Å². The molecule has 0 unspecified atom stereocenters. The number of fused-ring (bicyclic) bond motifs is 1. The summed E-state index contributed by atoms with van der Waals surface area (Å²) < 4.78 is 0. The van der Waals surface area contributed by atoms with Crippen LogP contribution in [0.5, 0.6) is 0 Å². The van der Waals surface area contributed by atoms with Crippen LogP contribution in [0.3, 0.4) is 0 Å². The van der Waals surface area contributed by atoms with E-state index in [0.29, 0.717) is 11.3 Å². The Balaban J connectivity index is 1.65. The van der Waals surface area contributed by atoms with Gasteiger partial charge in [-0.05, 0) is 43.2 Å². The Bertz CT molecular complexity index is 1210. The number of nitrogens with one attached hydrogen (secondary N) is 2. The Morgan fingerprint density at radius 1 is 1.18 bits per heavy atom. The fraction of sp³-hybridized carbons (Fsp3) is 0.250. The van der Waals surface area contributed by atoms with E-state index in [1.54, 1.807) is 24.1 Å². The SMILES string of the molecule is CN1C(=O)c2ccc(Nc3ncc(C(=O)O)c(N[C@H](CO)c4ccccc4)n3)cc2C1(C)C. The van der Waals surface area contributed by atoms with Crippen LogP contribution in [-0.4, -0.2) is 50.6 Å². The molecule has 0 bridgehead atoms. The smallest absolute Gasteiger partial charge is 0.341 e. The van der Waals surface area contributed by atoms with Crippen LogP contribution >= 0.6 is 0 Å². The van der Waals surface area contributed by atoms with Gasteiger partial charge in [-0.15, -0.1) is 0 Å². The maximum atomic E-state index is 12.5. The summed E-state index contributed by atoms with van der Waals surface area (Å²) in [5, 5.41) is 25.5. The van der Waals surface area contributed by atoms with Gasteiger partial charge in [0.05, 0.1) is 18.2 Å². The van der Waals surface area contributed by atoms with Crippen molar-refractivity contribution < 1.29 is 19.8 Å². The zero-order valence-corrected chi connectivity index (χ0v) is 18.5. The summed E-state index contributed by atoms with van der Waals surface area (Å²) in [5.41, 5.74) is 2.41. The van der Waals surface area contributed by atoms with E-state index < -0.39 is 17.6 Å². The van der Waals surface area contributed by atoms with E-state index in [-0.39, 0.29) is 29.8 Å². The molecular formula is C24H25N5O4. The van der Waals surface area contributed by atoms with Crippen LogP contribution in [0.1, 0.15) is 51.7 Å². The Labute approximate surface area is 191 Å². The third-order valence-corrected chi connectivity index (χ3v) is 6.02. The van der Waals surface area contributed by atoms with Crippen molar-refractivity contribution in [1.29, 1.82) is 0 Å². The van der Waals surface area contributed by atoms with E-state index in [0.717, 1.165) is 11.1 Å². The van der Waals surface area contributed by atoms with Crippen LogP contribution in [0.2, 0.25) is 0 Å². The third kappa shape index (κ3) is 4.10. The Kier molecular flexibility index (Phi) is 5.73. The molecule has 0 saturated carbocycles. The number of hydrogen-bond donors (Lipinski definition) is 4. The lowest BCUT2D eigenvalue weighted by molar-refractivity contribution is 0.0684. The van der Waals surface area contributed by atoms with Gasteiger partial charge < -0.3 is 25.7 Å². The maximum Gasteiger partial charge on any atom is 0.341 e. The molecule has 1 aliphatic rings. The molecule has 0 spiro atoms. The van der Waals surface area contributed by atoms with Gasteiger partial charge in [-0.25, -0.2) is 9.78 Å². The van der Waals surface area contributed by atoms with Crippen molar-refractivity contribution in [2.24, 2.45) is 0 Å². The highest BCUT2D eigenvalue weighted by molar-refractivity contribution is 6.00. The number of aliphatic hydroxyl groups excluding tert-OH is 1. The normalized spacial score (nSPS) is 15.2. The van der Waals surface area contributed by atoms with Crippen LogP contribution in [0.15, 0.2) is 54.7 Å². The average Bonchev–Trinajstić information content (AvgIpc) is 2.98. The summed E-state index contributed by atoms with van der Waals surface area (Å²) in [7, 11) is 1.77. The monoisotopic (exact) mass is 447 g/mol. The molecule has 4 N–H and O–H groups in total. The van der Waals surface area contributed by atoms with Crippen molar-refractivity contribution in [3.05, 3.63) is 77.0 Å². The Morgan fingerprint density at radius 3 is 2.58 bits per heavy atom. The number of carbonyl (C=O) groups excluding carboxylic acids is 1. The van der Waals surface area contributed by atoms with Crippen LogP contribution in [-0.2, 0) is 5.54 Å². The maximum absolute atomic E-state index is 12.5. The van der Waals surface area contributed by atoms with Gasteiger partial charge in [-0.3, -0.25) is 4.79 Å². The molecule has 1 aliphatic heterocycles. The zero-order chi connectivity index (χ0) is 23.8. The van der Waals surface area contributed by atoms with Gasteiger partial charge in [0.2, 0.25) is 5.95 Å². The molecule has 0 aliphatic carbocycles. The molecule has 2 heterocycles. The lowest BCUT2D eigenvalue weighted by Gasteiger charge is -2.28. The topological polar surface area (TPSA) is 128 Å². The fourth-order valence-corrected chi connectivity index (χ4v) is 3.85. The van der Waals surface area contributed by atoms with E-state index in [4.69, 9.17) is 0 Å². The minimum absolute atomic E-state index is 0.0361. The first-order valence-electron chi connectivity index (χ1n) is 10.4. The summed E-state index contributed by atoms with van der Waals surface area (Å²) >= 11 is 0. The van der Waals surface area contributed by atoms with E-state index in [1.165, 1.54) is 6.20 Å². The number of nitrogens with zero attached hydrogens (tertiary/aromatic N) is 3. The molecule has 3 aromatic rings. The van der Waals surface area contributed by atoms with Crippen molar-refractivity contribution in [2.75, 3.05) is 24.3 Å². The van der Waals surface area contributed by atoms with Crippen LogP contribution in [0, 0.1) is 0 Å². The number of carboxylic acid groups (broad SMARTS) is 1. The van der Waals surface area contributed by atoms with Crippen molar-refractivity contribution in [2.45, 2.75) is 25.4 Å². The number of aromatic carboxylic acids is 1. The molecule has 0 saturated heterocycles. The van der Waals surface area contributed by atoms with Crippen LogP contribution in [0.25, 0.3) is 0 Å². The second-order valence-electron chi connectivity index (χ2n) is 8.36. The number of aromatic nitrogens is 2. The summed E-state index contributed by atoms with van der Waals surface area (Å²) in [5.74, 6) is -0.956. The average molecular weight is 447 g/mol. The summed E-state index contributed by atoms with van der Waals surface area (Å²) in [6.07, 6.45) is 1.22. The summed E-state index contributed by atoms with van der Waals surface area (Å²) in [6, 6.07) is 14.0. The molecule has 9 nitrogen and oxygen atoms in total. The predicted octanol–water partition coefficient (Wildman–Crippen LogP) is 3.38. The third-order valence-electron chi connectivity index (χ3n) is 6.02. The van der Waals surface area contributed by atoms with Crippen molar-refractivity contribution in [1.82, 2.24) is 14.9 Å². The molecule has 4 rings (SSSR count). The zero-order valence-electron chi connectivity index (χ0n) is 18.5. The quantitative estimate of drug-likeness (QED) is 0.434. The number of hydrogen-bond acceptors (Lipinski definition) is 7. The van der Waals surface area contributed by atoms with E-state index in [9.17, 15) is 19.8 Å². The van der Waals surface area contributed by atoms with Gasteiger partial charge in [0.25, 0.3) is 5.91 Å². The van der Waals surface area contributed by atoms with Gasteiger partial charge >= 0.3 is 5.97 Å². The molecule has 0 fully saturated rings. The number of aliphatic hydroxyl groups is 1. The van der Waals surface area contributed by atoms with Gasteiger partial charge in [0, 0.05) is 24.5 Å². The van der Waals surface area contributed by atoms with Gasteiger partial charge in [-0.1, -0.05) is 30.3 Å². The summed E-state index contributed by atoms with van der Waals surface area (Å²) in [4.78, 5) is 34.4. The first-order valence-corrected chi connectivity index (χ1v) is 10.4. The van der Waals surface area contributed by atoms with Crippen molar-refractivity contribution in [3.63, 3.8) is 0 Å². The van der Waals surface area contributed by atoms with Gasteiger partial charge in [0.1, 0.15) is 11.4 Å². The van der Waals surface area contributed by atoms with Crippen LogP contribution < -0.4 is 10.6 Å². The highest BCUT2D eigenvalue weighted by Crippen LogP contribution is 2.39. The number of rotatable bonds is 7. The summed E-state index contributed by atoms with van der Waals surface area (Å²) in [6.45, 7) is 3.69. The van der Waals surface area contributed by atoms with Crippen molar-refractivity contribution >= 4 is 29.3 Å². The van der Waals surface area contributed by atoms with Crippen LogP contribution in [0.4, 0.5) is 17.5 Å². The second-order valence-corrected chi connectivity index (χ2v) is 8.36. The number of anilines is 3. The lowest BCUT2D eigenvalue weighted by Crippen LogP contribution is -2.35. The Hall–Kier alpha value is -3.98. The largest absolute Gasteiger partial charge is 0.477 e. The van der Waals surface area contributed by atoms with Gasteiger partial charge in [0.15, 0.2) is 0 Å². The first kappa shape index (κ1) is 22.2. The number of carbonyl (C=O) groups is 2. The molecule has 33 heavy (non-hydrogen) atoms. The van der Waals surface area contributed by atoms with E-state index in [1.807, 2.05) is 50.2 Å². The molecule has 9 heteroatoms. The highest BCUT2D eigenvalue weighted by Gasteiger charge is 2.40. The minimum atomic E-state index is -1.19. The van der Waals surface area contributed by atoms with E-state index in [2.05, 4.69) is 20.6 Å². The lowest BCUT2D eigenvalue weighted by atomic mass is 9.93. The number of carboxylic acids is 1. The highest BCUT2D eigenvalue weighted by atomic mass is 16.4. The Morgan fingerprint density at radius 2 is 1.91 bits per heavy atom. The molecule has 1 aromatic heterocycles. The molecular weight excluding hydrogens is 422 g/mol. The second kappa shape index (κ2) is 8.51. The molecule has 1 amide bonds. The molecule has 1 atom stereocenters. The molecule has 170 valence electrons. The predicted molar refractivity (Wildman–Crippen MR) is 124 cm³/mol. The standard InChI is InChI=1S/C24H25N5O4/c1-24(2)18-11-15(9-10-16(18)21(31)29(24)3)26-23-25-12-17(22(32)33)20(28-23)27-19(13-30)14-7-5-4-6-8-14/h4-12,19,30H,13H2,1-3H3,(H,32,33)(H2,25,26,27,28)/t19-/m1/s1. The first-order chi connectivity index (χ1) is 15.7. The fourth-order valence-electron chi connectivity index (χ4n) is 3.85. The molecule has 0 radical (unpaired) electrons. The van der Waals surface area contributed by atoms with Gasteiger partial charge in [-0.2, -0.15) is 4.98 Å². The number of benzene rings is 2. The molecule has 2 aromatic carbocycles. The minimum Gasteiger partial charge on any atom is -0.477 e.